The van der Waals surface area contributed by atoms with Crippen LogP contribution in [0, 0.1) is 5.82 Å². The number of ether oxygens (including phenoxy) is 2. The lowest BCUT2D eigenvalue weighted by atomic mass is 10.00. The third kappa shape index (κ3) is 3.89. The van der Waals surface area contributed by atoms with Crippen molar-refractivity contribution in [3.05, 3.63) is 84.9 Å². The van der Waals surface area contributed by atoms with E-state index in [2.05, 4.69) is 0 Å². The second-order valence-corrected chi connectivity index (χ2v) is 5.54. The fraction of sp³-hybridized carbons (Fsp3) is 0.0909. The summed E-state index contributed by atoms with van der Waals surface area (Å²) in [7, 11) is 1.65. The Labute approximate surface area is 147 Å². The SMILES string of the molecule is C/C=C\Oc1ccc(-c2ccc(-c3ccc(OC)cc3)cc2)cc1F. The van der Waals surface area contributed by atoms with Crippen LogP contribution in [0.5, 0.6) is 11.5 Å². The van der Waals surface area contributed by atoms with Gasteiger partial charge in [0.15, 0.2) is 11.6 Å². The van der Waals surface area contributed by atoms with E-state index in [-0.39, 0.29) is 11.6 Å². The van der Waals surface area contributed by atoms with Gasteiger partial charge < -0.3 is 9.47 Å². The molecule has 0 heterocycles. The number of methoxy groups -OCH3 is 1. The standard InChI is InChI=1S/C22H19FO2/c1-3-14-25-22-13-10-19(15-21(22)23)18-6-4-16(5-7-18)17-8-11-20(24-2)12-9-17/h3-15H,1-2H3/b14-3-. The number of benzene rings is 3. The molecule has 126 valence electrons. The molecular formula is C22H19FO2. The molecule has 3 rings (SSSR count). The van der Waals surface area contributed by atoms with Gasteiger partial charge in [0.05, 0.1) is 13.4 Å². The van der Waals surface area contributed by atoms with Crippen LogP contribution in [-0.2, 0) is 0 Å². The third-order valence-electron chi connectivity index (χ3n) is 3.90. The molecule has 0 radical (unpaired) electrons. The van der Waals surface area contributed by atoms with Crippen molar-refractivity contribution in [2.24, 2.45) is 0 Å². The highest BCUT2D eigenvalue weighted by Crippen LogP contribution is 2.29. The summed E-state index contributed by atoms with van der Waals surface area (Å²) < 4.78 is 24.5. The molecule has 0 saturated carbocycles. The largest absolute Gasteiger partial charge is 0.497 e. The molecule has 2 nitrogen and oxygen atoms in total. The predicted molar refractivity (Wildman–Crippen MR) is 99.3 cm³/mol. The molecule has 0 spiro atoms. The Morgan fingerprint density at radius 1 is 0.760 bits per heavy atom. The van der Waals surface area contributed by atoms with E-state index in [0.29, 0.717) is 0 Å². The lowest BCUT2D eigenvalue weighted by Crippen LogP contribution is -1.88. The zero-order chi connectivity index (χ0) is 17.6. The lowest BCUT2D eigenvalue weighted by molar-refractivity contribution is 0.415. The van der Waals surface area contributed by atoms with E-state index < -0.39 is 0 Å². The highest BCUT2D eigenvalue weighted by molar-refractivity contribution is 5.71. The minimum absolute atomic E-state index is 0.219. The minimum atomic E-state index is -0.380. The molecule has 0 aliphatic rings. The second kappa shape index (κ2) is 7.67. The Morgan fingerprint density at radius 3 is 1.80 bits per heavy atom. The molecule has 0 bridgehead atoms. The van der Waals surface area contributed by atoms with Gasteiger partial charge in [0.1, 0.15) is 5.75 Å². The van der Waals surface area contributed by atoms with Crippen LogP contribution in [-0.4, -0.2) is 7.11 Å². The average Bonchev–Trinajstić information content (AvgIpc) is 2.67. The van der Waals surface area contributed by atoms with Gasteiger partial charge in [-0.1, -0.05) is 48.5 Å². The highest BCUT2D eigenvalue weighted by atomic mass is 19.1. The van der Waals surface area contributed by atoms with Crippen molar-refractivity contribution < 1.29 is 13.9 Å². The summed E-state index contributed by atoms with van der Waals surface area (Å²) >= 11 is 0. The Bertz CT molecular complexity index is 866. The number of halogens is 1. The smallest absolute Gasteiger partial charge is 0.166 e. The Morgan fingerprint density at radius 2 is 1.28 bits per heavy atom. The molecule has 0 aliphatic carbocycles. The van der Waals surface area contributed by atoms with Crippen LogP contribution in [0.25, 0.3) is 22.3 Å². The molecule has 0 saturated heterocycles. The van der Waals surface area contributed by atoms with Gasteiger partial charge in [-0.15, -0.1) is 0 Å². The Kier molecular flexibility index (Phi) is 5.14. The maximum Gasteiger partial charge on any atom is 0.166 e. The third-order valence-corrected chi connectivity index (χ3v) is 3.90. The van der Waals surface area contributed by atoms with Crippen LogP contribution >= 0.6 is 0 Å². The van der Waals surface area contributed by atoms with Crippen LogP contribution < -0.4 is 9.47 Å². The monoisotopic (exact) mass is 334 g/mol. The topological polar surface area (TPSA) is 18.5 Å². The van der Waals surface area contributed by atoms with Crippen molar-refractivity contribution in [3.8, 4) is 33.8 Å². The van der Waals surface area contributed by atoms with Crippen molar-refractivity contribution >= 4 is 0 Å². The van der Waals surface area contributed by atoms with Gasteiger partial charge in [-0.2, -0.15) is 0 Å². The quantitative estimate of drug-likeness (QED) is 0.526. The first-order chi connectivity index (χ1) is 12.2. The van der Waals surface area contributed by atoms with Gasteiger partial charge in [-0.05, 0) is 53.4 Å². The molecule has 0 N–H and O–H groups in total. The summed E-state index contributed by atoms with van der Waals surface area (Å²) in [6.07, 6.45) is 3.17. The fourth-order valence-electron chi connectivity index (χ4n) is 2.56. The van der Waals surface area contributed by atoms with Gasteiger partial charge in [-0.3, -0.25) is 0 Å². The van der Waals surface area contributed by atoms with Crippen molar-refractivity contribution in [2.45, 2.75) is 6.92 Å². The summed E-state index contributed by atoms with van der Waals surface area (Å²) in [5, 5.41) is 0. The summed E-state index contributed by atoms with van der Waals surface area (Å²) in [4.78, 5) is 0. The first kappa shape index (κ1) is 16.8. The van der Waals surface area contributed by atoms with Gasteiger partial charge >= 0.3 is 0 Å². The van der Waals surface area contributed by atoms with E-state index in [1.807, 2.05) is 61.5 Å². The molecule has 0 amide bonds. The molecule has 0 aromatic heterocycles. The molecular weight excluding hydrogens is 315 g/mol. The summed E-state index contributed by atoms with van der Waals surface area (Å²) in [6, 6.07) is 20.9. The maximum absolute atomic E-state index is 14.1. The van der Waals surface area contributed by atoms with Crippen molar-refractivity contribution in [3.63, 3.8) is 0 Å². The molecule has 0 unspecified atom stereocenters. The second-order valence-electron chi connectivity index (χ2n) is 5.54. The van der Waals surface area contributed by atoms with Gasteiger partial charge in [0.2, 0.25) is 0 Å². The van der Waals surface area contributed by atoms with Gasteiger partial charge in [-0.25, -0.2) is 4.39 Å². The van der Waals surface area contributed by atoms with Crippen LogP contribution in [0.4, 0.5) is 4.39 Å². The van der Waals surface area contributed by atoms with E-state index in [1.54, 1.807) is 19.3 Å². The maximum atomic E-state index is 14.1. The summed E-state index contributed by atoms with van der Waals surface area (Å²) in [5.41, 5.74) is 3.97. The van der Waals surface area contributed by atoms with E-state index in [4.69, 9.17) is 9.47 Å². The first-order valence-electron chi connectivity index (χ1n) is 8.03. The van der Waals surface area contributed by atoms with Crippen molar-refractivity contribution in [2.75, 3.05) is 7.11 Å². The van der Waals surface area contributed by atoms with Crippen LogP contribution in [0.3, 0.4) is 0 Å². The Hall–Kier alpha value is -3.07. The first-order valence-corrected chi connectivity index (χ1v) is 8.03. The minimum Gasteiger partial charge on any atom is -0.497 e. The number of hydrogen-bond donors (Lipinski definition) is 0. The molecule has 3 heteroatoms. The predicted octanol–water partition coefficient (Wildman–Crippen LogP) is 6.08. The molecule has 25 heavy (non-hydrogen) atoms. The van der Waals surface area contributed by atoms with E-state index in [9.17, 15) is 4.39 Å². The van der Waals surface area contributed by atoms with Crippen LogP contribution in [0.2, 0.25) is 0 Å². The van der Waals surface area contributed by atoms with E-state index in [0.717, 1.165) is 28.0 Å². The van der Waals surface area contributed by atoms with Gasteiger partial charge in [0, 0.05) is 0 Å². The highest BCUT2D eigenvalue weighted by Gasteiger charge is 2.06. The number of rotatable bonds is 5. The average molecular weight is 334 g/mol. The van der Waals surface area contributed by atoms with Gasteiger partial charge in [0.25, 0.3) is 0 Å². The lowest BCUT2D eigenvalue weighted by Gasteiger charge is -2.08. The molecule has 3 aromatic rings. The Balaban J connectivity index is 1.83. The molecule has 0 fully saturated rings. The number of hydrogen-bond acceptors (Lipinski definition) is 2. The number of allylic oxidation sites excluding steroid dienone is 1. The molecule has 0 atom stereocenters. The normalized spacial score (nSPS) is 10.8. The summed E-state index contributed by atoms with van der Waals surface area (Å²) in [6.45, 7) is 1.82. The van der Waals surface area contributed by atoms with E-state index >= 15 is 0 Å². The van der Waals surface area contributed by atoms with Crippen molar-refractivity contribution in [1.82, 2.24) is 0 Å². The van der Waals surface area contributed by atoms with Crippen LogP contribution in [0.1, 0.15) is 6.92 Å². The summed E-state index contributed by atoms with van der Waals surface area (Å²) in [5.74, 6) is 0.669. The van der Waals surface area contributed by atoms with Crippen LogP contribution in [0.15, 0.2) is 79.1 Å². The van der Waals surface area contributed by atoms with E-state index in [1.165, 1.54) is 12.3 Å². The zero-order valence-corrected chi connectivity index (χ0v) is 14.2. The molecule has 3 aromatic carbocycles. The van der Waals surface area contributed by atoms with Crippen molar-refractivity contribution in [1.29, 1.82) is 0 Å². The molecule has 0 aliphatic heterocycles. The zero-order valence-electron chi connectivity index (χ0n) is 14.2. The fourth-order valence-corrected chi connectivity index (χ4v) is 2.56.